The molecule has 2 nitrogen and oxygen atoms in total. The van der Waals surface area contributed by atoms with Crippen LogP contribution in [0.2, 0.25) is 0 Å². The molecule has 0 fully saturated rings. The molecular weight excluding hydrogens is 304 g/mol. The Balaban J connectivity index is 1.95. The molecular formula is C16H15BrO2. The number of aryl methyl sites for hydroxylation is 1. The highest BCUT2D eigenvalue weighted by molar-refractivity contribution is 9.10. The smallest absolute Gasteiger partial charge is 0.127 e. The van der Waals surface area contributed by atoms with Crippen LogP contribution in [0.5, 0.6) is 5.75 Å². The molecule has 0 saturated heterocycles. The molecule has 0 radical (unpaired) electrons. The van der Waals surface area contributed by atoms with Gasteiger partial charge in [-0.1, -0.05) is 39.7 Å². The minimum Gasteiger partial charge on any atom is -0.485 e. The van der Waals surface area contributed by atoms with Gasteiger partial charge in [-0.25, -0.2) is 0 Å². The van der Waals surface area contributed by atoms with Gasteiger partial charge in [0.05, 0.1) is 6.10 Å². The summed E-state index contributed by atoms with van der Waals surface area (Å²) in [5.74, 6) is 0.786. The monoisotopic (exact) mass is 318 g/mol. The highest BCUT2D eigenvalue weighted by Gasteiger charge is 2.28. The molecule has 2 atom stereocenters. The van der Waals surface area contributed by atoms with Gasteiger partial charge in [-0.05, 0) is 36.8 Å². The molecule has 1 aliphatic heterocycles. The Morgan fingerprint density at radius 2 is 2.05 bits per heavy atom. The third-order valence-electron chi connectivity index (χ3n) is 3.45. The van der Waals surface area contributed by atoms with Crippen molar-refractivity contribution in [2.24, 2.45) is 0 Å². The van der Waals surface area contributed by atoms with Crippen LogP contribution in [-0.4, -0.2) is 5.11 Å². The second kappa shape index (κ2) is 4.99. The summed E-state index contributed by atoms with van der Waals surface area (Å²) in [6.07, 6.45) is 0.0303. The number of halogens is 1. The van der Waals surface area contributed by atoms with Crippen LogP contribution >= 0.6 is 15.9 Å². The second-order valence-corrected chi connectivity index (χ2v) is 5.87. The van der Waals surface area contributed by atoms with Gasteiger partial charge < -0.3 is 9.84 Å². The zero-order valence-electron chi connectivity index (χ0n) is 10.6. The van der Waals surface area contributed by atoms with E-state index in [1.807, 2.05) is 49.4 Å². The Morgan fingerprint density at radius 1 is 1.21 bits per heavy atom. The fourth-order valence-electron chi connectivity index (χ4n) is 2.48. The van der Waals surface area contributed by atoms with Crippen LogP contribution in [0.15, 0.2) is 46.9 Å². The second-order valence-electron chi connectivity index (χ2n) is 4.95. The third-order valence-corrected chi connectivity index (χ3v) is 3.94. The molecule has 0 spiro atoms. The van der Waals surface area contributed by atoms with E-state index in [0.29, 0.717) is 6.42 Å². The zero-order valence-corrected chi connectivity index (χ0v) is 12.2. The molecule has 0 amide bonds. The fourth-order valence-corrected chi connectivity index (χ4v) is 2.89. The van der Waals surface area contributed by atoms with E-state index in [9.17, 15) is 5.11 Å². The number of hydrogen-bond donors (Lipinski definition) is 1. The number of rotatable bonds is 1. The van der Waals surface area contributed by atoms with Crippen molar-refractivity contribution in [3.05, 3.63) is 63.6 Å². The highest BCUT2D eigenvalue weighted by Crippen LogP contribution is 2.41. The van der Waals surface area contributed by atoms with Gasteiger partial charge >= 0.3 is 0 Å². The van der Waals surface area contributed by atoms with Crippen molar-refractivity contribution in [3.8, 4) is 5.75 Å². The van der Waals surface area contributed by atoms with Gasteiger partial charge in [0.25, 0.3) is 0 Å². The lowest BCUT2D eigenvalue weighted by molar-refractivity contribution is 0.0656. The van der Waals surface area contributed by atoms with Crippen molar-refractivity contribution < 1.29 is 9.84 Å². The van der Waals surface area contributed by atoms with Crippen LogP contribution in [0.1, 0.15) is 35.3 Å². The van der Waals surface area contributed by atoms with Crippen molar-refractivity contribution in [3.63, 3.8) is 0 Å². The fraction of sp³-hybridized carbons (Fsp3) is 0.250. The maximum atomic E-state index is 10.3. The summed E-state index contributed by atoms with van der Waals surface area (Å²) in [6, 6.07) is 14.0. The van der Waals surface area contributed by atoms with Crippen molar-refractivity contribution in [1.82, 2.24) is 0 Å². The van der Waals surface area contributed by atoms with Crippen LogP contribution in [-0.2, 0) is 0 Å². The quantitative estimate of drug-likeness (QED) is 0.848. The Morgan fingerprint density at radius 3 is 2.84 bits per heavy atom. The molecule has 0 saturated carbocycles. The van der Waals surface area contributed by atoms with Gasteiger partial charge in [0.1, 0.15) is 11.9 Å². The molecule has 2 aromatic rings. The van der Waals surface area contributed by atoms with E-state index in [-0.39, 0.29) is 6.10 Å². The molecule has 3 rings (SSSR count). The number of hydrogen-bond acceptors (Lipinski definition) is 2. The van der Waals surface area contributed by atoms with Gasteiger partial charge in [-0.15, -0.1) is 0 Å². The maximum absolute atomic E-state index is 10.3. The number of aliphatic hydroxyl groups excluding tert-OH is 1. The van der Waals surface area contributed by atoms with E-state index in [1.165, 1.54) is 0 Å². The van der Waals surface area contributed by atoms with Crippen molar-refractivity contribution in [1.29, 1.82) is 0 Å². The van der Waals surface area contributed by atoms with E-state index in [1.54, 1.807) is 0 Å². The Labute approximate surface area is 121 Å². The topological polar surface area (TPSA) is 29.5 Å². The van der Waals surface area contributed by atoms with E-state index in [0.717, 1.165) is 26.9 Å². The molecule has 2 unspecified atom stereocenters. The van der Waals surface area contributed by atoms with Crippen molar-refractivity contribution in [2.75, 3.05) is 0 Å². The summed E-state index contributed by atoms with van der Waals surface area (Å²) in [5.41, 5.74) is 3.12. The van der Waals surface area contributed by atoms with Crippen LogP contribution in [0, 0.1) is 6.92 Å². The van der Waals surface area contributed by atoms with E-state index < -0.39 is 6.10 Å². The summed E-state index contributed by atoms with van der Waals surface area (Å²) < 4.78 is 7.04. The molecule has 2 aromatic carbocycles. The lowest BCUT2D eigenvalue weighted by atomic mass is 9.94. The molecule has 0 aliphatic carbocycles. The Bertz CT molecular complexity index is 609. The van der Waals surface area contributed by atoms with Crippen LogP contribution < -0.4 is 4.74 Å². The minimum absolute atomic E-state index is 0.0947. The third kappa shape index (κ3) is 2.53. The van der Waals surface area contributed by atoms with E-state index in [4.69, 9.17) is 4.74 Å². The average Bonchev–Trinajstić information content (AvgIpc) is 2.39. The molecule has 3 heteroatoms. The summed E-state index contributed by atoms with van der Waals surface area (Å²) in [5, 5.41) is 10.3. The van der Waals surface area contributed by atoms with Crippen molar-refractivity contribution in [2.45, 2.75) is 25.6 Å². The normalized spacial score (nSPS) is 21.6. The van der Waals surface area contributed by atoms with E-state index in [2.05, 4.69) is 15.9 Å². The van der Waals surface area contributed by atoms with Crippen LogP contribution in [0.4, 0.5) is 0 Å². The minimum atomic E-state index is -0.465. The van der Waals surface area contributed by atoms with Gasteiger partial charge in [0.2, 0.25) is 0 Å². The lowest BCUT2D eigenvalue weighted by Crippen LogP contribution is -2.19. The Kier molecular flexibility index (Phi) is 3.33. The molecule has 1 aliphatic rings. The Hall–Kier alpha value is -1.32. The SMILES string of the molecule is Cc1ccc2c(c1)C(O)CC(c1cccc(Br)c1)O2. The molecule has 19 heavy (non-hydrogen) atoms. The number of ether oxygens (including phenoxy) is 1. The molecule has 1 N–H and O–H groups in total. The van der Waals surface area contributed by atoms with Gasteiger partial charge in [0, 0.05) is 16.5 Å². The molecule has 1 heterocycles. The molecule has 0 bridgehead atoms. The van der Waals surface area contributed by atoms with E-state index >= 15 is 0 Å². The van der Waals surface area contributed by atoms with Crippen molar-refractivity contribution >= 4 is 15.9 Å². The first-order valence-electron chi connectivity index (χ1n) is 6.34. The summed E-state index contributed by atoms with van der Waals surface area (Å²) in [4.78, 5) is 0. The first-order valence-corrected chi connectivity index (χ1v) is 7.13. The van der Waals surface area contributed by atoms with Gasteiger partial charge in [-0.3, -0.25) is 0 Å². The zero-order chi connectivity index (χ0) is 13.4. The number of benzene rings is 2. The maximum Gasteiger partial charge on any atom is 0.127 e. The largest absolute Gasteiger partial charge is 0.485 e. The standard InChI is InChI=1S/C16H15BrO2/c1-10-5-6-15-13(7-10)14(18)9-16(19-15)11-3-2-4-12(17)8-11/h2-8,14,16,18H,9H2,1H3. The van der Waals surface area contributed by atoms with Gasteiger partial charge in [-0.2, -0.15) is 0 Å². The van der Waals surface area contributed by atoms with Gasteiger partial charge in [0.15, 0.2) is 0 Å². The number of fused-ring (bicyclic) bond motifs is 1. The highest BCUT2D eigenvalue weighted by atomic mass is 79.9. The lowest BCUT2D eigenvalue weighted by Gasteiger charge is -2.30. The first-order chi connectivity index (χ1) is 9.13. The summed E-state index contributed by atoms with van der Waals surface area (Å²) in [7, 11) is 0. The number of aliphatic hydroxyl groups is 1. The first kappa shape index (κ1) is 12.7. The van der Waals surface area contributed by atoms with Crippen LogP contribution in [0.3, 0.4) is 0 Å². The summed E-state index contributed by atoms with van der Waals surface area (Å²) >= 11 is 3.47. The molecule has 0 aromatic heterocycles. The molecule has 98 valence electrons. The predicted molar refractivity (Wildman–Crippen MR) is 78.3 cm³/mol. The van der Waals surface area contributed by atoms with Crippen LogP contribution in [0.25, 0.3) is 0 Å². The predicted octanol–water partition coefficient (Wildman–Crippen LogP) is 4.31. The average molecular weight is 319 g/mol. The summed E-state index contributed by atoms with van der Waals surface area (Å²) in [6.45, 7) is 2.02.